The van der Waals surface area contributed by atoms with Crippen molar-refractivity contribution in [1.29, 1.82) is 0 Å². The first-order valence-corrected chi connectivity index (χ1v) is 5.91. The van der Waals surface area contributed by atoms with Crippen LogP contribution in [-0.4, -0.2) is 6.79 Å². The van der Waals surface area contributed by atoms with E-state index in [1.807, 2.05) is 35.7 Å². The zero-order valence-corrected chi connectivity index (χ0v) is 9.37. The summed E-state index contributed by atoms with van der Waals surface area (Å²) in [6.45, 7) is 0.299. The molecule has 0 saturated carbocycles. The van der Waals surface area contributed by atoms with Crippen LogP contribution < -0.4 is 15.2 Å². The second-order valence-corrected chi connectivity index (χ2v) is 4.59. The van der Waals surface area contributed by atoms with Gasteiger partial charge in [-0.1, -0.05) is 12.1 Å². The summed E-state index contributed by atoms with van der Waals surface area (Å²) in [5, 5.41) is 2.03. The number of benzene rings is 1. The minimum atomic E-state index is -0.0884. The molecule has 0 radical (unpaired) electrons. The lowest BCUT2D eigenvalue weighted by molar-refractivity contribution is 0.174. The predicted molar refractivity (Wildman–Crippen MR) is 62.9 cm³/mol. The maximum atomic E-state index is 6.17. The van der Waals surface area contributed by atoms with Crippen LogP contribution in [0.2, 0.25) is 0 Å². The highest BCUT2D eigenvalue weighted by molar-refractivity contribution is 7.10. The average molecular weight is 233 g/mol. The van der Waals surface area contributed by atoms with Gasteiger partial charge in [-0.25, -0.2) is 0 Å². The predicted octanol–water partition coefficient (Wildman–Crippen LogP) is 2.52. The Morgan fingerprint density at radius 1 is 1.19 bits per heavy atom. The Bertz CT molecular complexity index is 496. The van der Waals surface area contributed by atoms with Crippen LogP contribution in [0.1, 0.15) is 16.5 Å². The van der Waals surface area contributed by atoms with E-state index in [9.17, 15) is 0 Å². The summed E-state index contributed by atoms with van der Waals surface area (Å²) in [5.74, 6) is 1.58. The average Bonchev–Trinajstić information content (AvgIpc) is 2.98. The number of fused-ring (bicyclic) bond motifs is 1. The largest absolute Gasteiger partial charge is 0.454 e. The molecule has 2 N–H and O–H groups in total. The van der Waals surface area contributed by atoms with E-state index in [0.29, 0.717) is 6.79 Å². The quantitative estimate of drug-likeness (QED) is 0.866. The smallest absolute Gasteiger partial charge is 0.231 e. The second kappa shape index (κ2) is 3.81. The zero-order chi connectivity index (χ0) is 11.0. The van der Waals surface area contributed by atoms with Crippen LogP contribution in [0.15, 0.2) is 35.7 Å². The highest BCUT2D eigenvalue weighted by Gasteiger charge is 2.17. The number of hydrogen-bond acceptors (Lipinski definition) is 4. The molecule has 0 amide bonds. The fraction of sp³-hybridized carbons (Fsp3) is 0.167. The molecule has 3 nitrogen and oxygen atoms in total. The van der Waals surface area contributed by atoms with Crippen molar-refractivity contribution in [2.45, 2.75) is 6.04 Å². The van der Waals surface area contributed by atoms with Gasteiger partial charge in [-0.05, 0) is 29.1 Å². The van der Waals surface area contributed by atoms with Gasteiger partial charge >= 0.3 is 0 Å². The van der Waals surface area contributed by atoms with Crippen LogP contribution in [0.5, 0.6) is 11.5 Å². The number of thiophene rings is 1. The molecular formula is C12H11NO2S. The van der Waals surface area contributed by atoms with Crippen LogP contribution in [0.4, 0.5) is 0 Å². The Hall–Kier alpha value is -1.52. The molecule has 0 unspecified atom stereocenters. The fourth-order valence-corrected chi connectivity index (χ4v) is 2.49. The molecule has 1 aliphatic rings. The SMILES string of the molecule is N[C@H](c1ccc2c(c1)OCO2)c1cccs1. The topological polar surface area (TPSA) is 44.5 Å². The van der Waals surface area contributed by atoms with E-state index in [4.69, 9.17) is 15.2 Å². The van der Waals surface area contributed by atoms with Crippen LogP contribution in [0, 0.1) is 0 Å². The van der Waals surface area contributed by atoms with Crippen molar-refractivity contribution in [3.63, 3.8) is 0 Å². The van der Waals surface area contributed by atoms with E-state index in [1.165, 1.54) is 0 Å². The van der Waals surface area contributed by atoms with Crippen molar-refractivity contribution in [3.05, 3.63) is 46.2 Å². The van der Waals surface area contributed by atoms with Gasteiger partial charge in [0.25, 0.3) is 0 Å². The molecule has 0 fully saturated rings. The number of nitrogens with two attached hydrogens (primary N) is 1. The molecule has 16 heavy (non-hydrogen) atoms. The highest BCUT2D eigenvalue weighted by Crippen LogP contribution is 2.35. The van der Waals surface area contributed by atoms with Crippen LogP contribution >= 0.6 is 11.3 Å². The normalized spacial score (nSPS) is 15.1. The van der Waals surface area contributed by atoms with Gasteiger partial charge in [0.2, 0.25) is 6.79 Å². The first-order valence-electron chi connectivity index (χ1n) is 5.03. The second-order valence-electron chi connectivity index (χ2n) is 3.61. The fourth-order valence-electron chi connectivity index (χ4n) is 1.74. The highest BCUT2D eigenvalue weighted by atomic mass is 32.1. The molecule has 0 saturated heterocycles. The molecule has 0 spiro atoms. The standard InChI is InChI=1S/C12H11NO2S/c13-12(11-2-1-5-16-11)8-3-4-9-10(6-8)15-7-14-9/h1-6,12H,7,13H2/t12-/m1/s1. The van der Waals surface area contributed by atoms with Crippen molar-refractivity contribution in [1.82, 2.24) is 0 Å². The summed E-state index contributed by atoms with van der Waals surface area (Å²) in [6, 6.07) is 9.80. The maximum absolute atomic E-state index is 6.17. The summed E-state index contributed by atoms with van der Waals surface area (Å²) in [7, 11) is 0. The molecule has 1 aliphatic heterocycles. The van der Waals surface area contributed by atoms with Gasteiger partial charge in [0, 0.05) is 4.88 Å². The first-order chi connectivity index (χ1) is 7.84. The van der Waals surface area contributed by atoms with Gasteiger partial charge < -0.3 is 15.2 Å². The molecule has 0 aliphatic carbocycles. The van der Waals surface area contributed by atoms with Gasteiger partial charge in [0.05, 0.1) is 6.04 Å². The van der Waals surface area contributed by atoms with E-state index in [1.54, 1.807) is 11.3 Å². The zero-order valence-electron chi connectivity index (χ0n) is 8.55. The first kappa shape index (κ1) is 9.69. The molecule has 1 aromatic carbocycles. The Labute approximate surface area is 97.4 Å². The minimum absolute atomic E-state index is 0.0884. The van der Waals surface area contributed by atoms with Crippen molar-refractivity contribution in [2.75, 3.05) is 6.79 Å². The van der Waals surface area contributed by atoms with E-state index >= 15 is 0 Å². The third kappa shape index (κ3) is 1.56. The molecule has 0 bridgehead atoms. The molecule has 2 aromatic rings. The Morgan fingerprint density at radius 2 is 2.06 bits per heavy atom. The summed E-state index contributed by atoms with van der Waals surface area (Å²) >= 11 is 1.66. The van der Waals surface area contributed by atoms with Crippen molar-refractivity contribution >= 4 is 11.3 Å². The lowest BCUT2D eigenvalue weighted by Crippen LogP contribution is -2.09. The Balaban J connectivity index is 1.95. The monoisotopic (exact) mass is 233 g/mol. The Kier molecular flexibility index (Phi) is 2.31. The number of ether oxygens (including phenoxy) is 2. The van der Waals surface area contributed by atoms with Crippen LogP contribution in [0.3, 0.4) is 0 Å². The van der Waals surface area contributed by atoms with E-state index in [0.717, 1.165) is 21.9 Å². The summed E-state index contributed by atoms with van der Waals surface area (Å²) < 4.78 is 10.6. The summed E-state index contributed by atoms with van der Waals surface area (Å²) in [5.41, 5.74) is 7.22. The van der Waals surface area contributed by atoms with Crippen LogP contribution in [0.25, 0.3) is 0 Å². The van der Waals surface area contributed by atoms with Crippen molar-refractivity contribution < 1.29 is 9.47 Å². The van der Waals surface area contributed by atoms with E-state index in [-0.39, 0.29) is 6.04 Å². The molecule has 4 heteroatoms. The van der Waals surface area contributed by atoms with Crippen molar-refractivity contribution in [3.8, 4) is 11.5 Å². The lowest BCUT2D eigenvalue weighted by Gasteiger charge is -2.10. The molecular weight excluding hydrogens is 222 g/mol. The minimum Gasteiger partial charge on any atom is -0.454 e. The number of rotatable bonds is 2. The molecule has 2 heterocycles. The Morgan fingerprint density at radius 3 is 2.88 bits per heavy atom. The van der Waals surface area contributed by atoms with Gasteiger partial charge in [-0.2, -0.15) is 0 Å². The maximum Gasteiger partial charge on any atom is 0.231 e. The third-order valence-electron chi connectivity index (χ3n) is 2.61. The molecule has 1 aromatic heterocycles. The molecule has 1 atom stereocenters. The van der Waals surface area contributed by atoms with Gasteiger partial charge in [-0.3, -0.25) is 0 Å². The summed E-state index contributed by atoms with van der Waals surface area (Å²) in [6.07, 6.45) is 0. The molecule has 3 rings (SSSR count). The lowest BCUT2D eigenvalue weighted by atomic mass is 10.1. The number of hydrogen-bond donors (Lipinski definition) is 1. The third-order valence-corrected chi connectivity index (χ3v) is 3.56. The molecule has 82 valence electrons. The van der Waals surface area contributed by atoms with Crippen molar-refractivity contribution in [2.24, 2.45) is 5.73 Å². The van der Waals surface area contributed by atoms with E-state index < -0.39 is 0 Å². The van der Waals surface area contributed by atoms with Gasteiger partial charge in [0.1, 0.15) is 0 Å². The van der Waals surface area contributed by atoms with E-state index in [2.05, 4.69) is 0 Å². The van der Waals surface area contributed by atoms with Gasteiger partial charge in [-0.15, -0.1) is 11.3 Å². The van der Waals surface area contributed by atoms with Crippen LogP contribution in [-0.2, 0) is 0 Å². The van der Waals surface area contributed by atoms with Gasteiger partial charge in [0.15, 0.2) is 11.5 Å². The summed E-state index contributed by atoms with van der Waals surface area (Å²) in [4.78, 5) is 1.15.